The Morgan fingerprint density at radius 2 is 2.35 bits per heavy atom. The standard InChI is InChI=1S/C9H11FN2O5/c10-9(4-13)5(14)3-7(17-9)12-2-1-6(15)11-8(12)16/h1-2,5,7,13-14H,3-4H2,(H,11,15,16). The summed E-state index contributed by atoms with van der Waals surface area (Å²) in [5.41, 5.74) is -1.35. The van der Waals surface area contributed by atoms with Gasteiger partial charge in [0.15, 0.2) is 0 Å². The van der Waals surface area contributed by atoms with E-state index in [-0.39, 0.29) is 6.42 Å². The topological polar surface area (TPSA) is 105 Å². The van der Waals surface area contributed by atoms with Crippen LogP contribution in [0.3, 0.4) is 0 Å². The Morgan fingerprint density at radius 3 is 2.88 bits per heavy atom. The monoisotopic (exact) mass is 246 g/mol. The number of alkyl halides is 1. The lowest BCUT2D eigenvalue weighted by atomic mass is 10.1. The maximum absolute atomic E-state index is 13.7. The normalized spacial score (nSPS) is 32.9. The molecule has 0 aliphatic carbocycles. The first-order chi connectivity index (χ1) is 7.96. The van der Waals surface area contributed by atoms with Crippen molar-refractivity contribution in [3.05, 3.63) is 33.1 Å². The fourth-order valence-corrected chi connectivity index (χ4v) is 1.69. The average molecular weight is 246 g/mol. The minimum atomic E-state index is -2.58. The van der Waals surface area contributed by atoms with Gasteiger partial charge in [-0.3, -0.25) is 14.3 Å². The van der Waals surface area contributed by atoms with E-state index in [4.69, 9.17) is 9.84 Å². The SMILES string of the molecule is O=c1ccn(C2CC(O)C(F)(CO)O2)c(=O)[nH]1. The molecule has 0 radical (unpaired) electrons. The first-order valence-corrected chi connectivity index (χ1v) is 4.93. The fraction of sp³-hybridized carbons (Fsp3) is 0.556. The van der Waals surface area contributed by atoms with Crippen LogP contribution in [0, 0.1) is 0 Å². The van der Waals surface area contributed by atoms with Crippen LogP contribution in [0.4, 0.5) is 4.39 Å². The van der Waals surface area contributed by atoms with Crippen molar-refractivity contribution >= 4 is 0 Å². The van der Waals surface area contributed by atoms with Crippen molar-refractivity contribution in [1.82, 2.24) is 9.55 Å². The van der Waals surface area contributed by atoms with Gasteiger partial charge in [0.05, 0.1) is 0 Å². The molecule has 8 heteroatoms. The van der Waals surface area contributed by atoms with Gasteiger partial charge in [0.25, 0.3) is 11.4 Å². The zero-order chi connectivity index (χ0) is 12.6. The molecular weight excluding hydrogens is 235 g/mol. The van der Waals surface area contributed by atoms with Crippen molar-refractivity contribution in [3.63, 3.8) is 0 Å². The number of H-pyrrole nitrogens is 1. The molecule has 2 heterocycles. The highest BCUT2D eigenvalue weighted by atomic mass is 19.2. The second-order valence-corrected chi connectivity index (χ2v) is 3.79. The molecule has 1 saturated heterocycles. The number of aliphatic hydroxyl groups is 2. The molecule has 17 heavy (non-hydrogen) atoms. The quantitative estimate of drug-likeness (QED) is 0.587. The van der Waals surface area contributed by atoms with E-state index in [0.717, 1.165) is 16.8 Å². The van der Waals surface area contributed by atoms with E-state index in [1.807, 2.05) is 4.98 Å². The van der Waals surface area contributed by atoms with E-state index in [9.17, 15) is 19.1 Å². The molecule has 3 unspecified atom stereocenters. The zero-order valence-electron chi connectivity index (χ0n) is 8.67. The van der Waals surface area contributed by atoms with E-state index < -0.39 is 36.0 Å². The third-order valence-electron chi connectivity index (χ3n) is 2.63. The van der Waals surface area contributed by atoms with Crippen molar-refractivity contribution in [3.8, 4) is 0 Å². The van der Waals surface area contributed by atoms with Crippen LogP contribution >= 0.6 is 0 Å². The van der Waals surface area contributed by atoms with E-state index in [2.05, 4.69) is 0 Å². The number of hydrogen-bond acceptors (Lipinski definition) is 5. The summed E-state index contributed by atoms with van der Waals surface area (Å²) < 4.78 is 19.4. The molecule has 3 atom stereocenters. The number of aliphatic hydroxyl groups excluding tert-OH is 2. The van der Waals surface area contributed by atoms with Crippen LogP contribution in [0.15, 0.2) is 21.9 Å². The molecule has 1 aliphatic rings. The Balaban J connectivity index is 2.32. The zero-order valence-corrected chi connectivity index (χ0v) is 8.67. The summed E-state index contributed by atoms with van der Waals surface area (Å²) in [6.07, 6.45) is -1.65. The summed E-state index contributed by atoms with van der Waals surface area (Å²) in [5, 5.41) is 18.1. The third kappa shape index (κ3) is 2.02. The summed E-state index contributed by atoms with van der Waals surface area (Å²) in [4.78, 5) is 24.2. The lowest BCUT2D eigenvalue weighted by Crippen LogP contribution is -2.38. The Bertz CT molecular complexity index is 527. The second kappa shape index (κ2) is 4.06. The van der Waals surface area contributed by atoms with Crippen LogP contribution in [-0.4, -0.2) is 38.3 Å². The predicted octanol–water partition coefficient (Wildman–Crippen LogP) is -1.53. The van der Waals surface area contributed by atoms with Crippen LogP contribution in [0.1, 0.15) is 12.6 Å². The molecule has 1 aromatic heterocycles. The summed E-state index contributed by atoms with van der Waals surface area (Å²) in [6, 6.07) is 1.08. The van der Waals surface area contributed by atoms with Gasteiger partial charge in [0.2, 0.25) is 0 Å². The first kappa shape index (κ1) is 12.0. The van der Waals surface area contributed by atoms with Gasteiger partial charge in [-0.15, -0.1) is 0 Å². The molecular formula is C9H11FN2O5. The lowest BCUT2D eigenvalue weighted by molar-refractivity contribution is -0.207. The molecule has 0 amide bonds. The molecule has 2 rings (SSSR count). The number of nitrogens with one attached hydrogen (secondary N) is 1. The minimum absolute atomic E-state index is 0.191. The van der Waals surface area contributed by atoms with E-state index in [1.165, 1.54) is 0 Å². The highest BCUT2D eigenvalue weighted by molar-refractivity contribution is 4.91. The highest BCUT2D eigenvalue weighted by Gasteiger charge is 2.49. The fourth-order valence-electron chi connectivity index (χ4n) is 1.69. The van der Waals surface area contributed by atoms with E-state index in [0.29, 0.717) is 0 Å². The van der Waals surface area contributed by atoms with Gasteiger partial charge < -0.3 is 14.9 Å². The number of aromatic nitrogens is 2. The van der Waals surface area contributed by atoms with Crippen LogP contribution in [0.25, 0.3) is 0 Å². The van der Waals surface area contributed by atoms with Crippen LogP contribution in [0.5, 0.6) is 0 Å². The molecule has 3 N–H and O–H groups in total. The number of ether oxygens (including phenoxy) is 1. The maximum Gasteiger partial charge on any atom is 0.330 e. The van der Waals surface area contributed by atoms with Crippen LogP contribution in [0.2, 0.25) is 0 Å². The van der Waals surface area contributed by atoms with Crippen LogP contribution < -0.4 is 11.2 Å². The summed E-state index contributed by atoms with van der Waals surface area (Å²) in [7, 11) is 0. The number of rotatable bonds is 2. The van der Waals surface area contributed by atoms with E-state index in [1.54, 1.807) is 0 Å². The van der Waals surface area contributed by atoms with Gasteiger partial charge in [0, 0.05) is 18.7 Å². The molecule has 7 nitrogen and oxygen atoms in total. The van der Waals surface area contributed by atoms with Crippen LogP contribution in [-0.2, 0) is 4.74 Å². The molecule has 1 fully saturated rings. The smallest absolute Gasteiger partial charge is 0.330 e. The molecule has 1 aliphatic heterocycles. The summed E-state index contributed by atoms with van der Waals surface area (Å²) in [5.74, 6) is -2.58. The average Bonchev–Trinajstić information content (AvgIpc) is 2.56. The summed E-state index contributed by atoms with van der Waals surface area (Å²) >= 11 is 0. The van der Waals surface area contributed by atoms with Gasteiger partial charge >= 0.3 is 5.69 Å². The minimum Gasteiger partial charge on any atom is -0.390 e. The Morgan fingerprint density at radius 1 is 1.65 bits per heavy atom. The number of aromatic amines is 1. The molecule has 0 spiro atoms. The largest absolute Gasteiger partial charge is 0.390 e. The highest BCUT2D eigenvalue weighted by Crippen LogP contribution is 2.36. The lowest BCUT2D eigenvalue weighted by Gasteiger charge is -2.20. The van der Waals surface area contributed by atoms with Gasteiger partial charge in [0.1, 0.15) is 18.9 Å². The van der Waals surface area contributed by atoms with Crippen molar-refractivity contribution < 1.29 is 19.3 Å². The second-order valence-electron chi connectivity index (χ2n) is 3.79. The number of nitrogens with zero attached hydrogens (tertiary/aromatic N) is 1. The Kier molecular flexibility index (Phi) is 2.86. The Labute approximate surface area is 94.1 Å². The van der Waals surface area contributed by atoms with Crippen molar-refractivity contribution in [2.24, 2.45) is 0 Å². The van der Waals surface area contributed by atoms with Crippen molar-refractivity contribution in [2.75, 3.05) is 6.61 Å². The maximum atomic E-state index is 13.7. The van der Waals surface area contributed by atoms with Crippen molar-refractivity contribution in [1.29, 1.82) is 0 Å². The molecule has 1 aromatic rings. The first-order valence-electron chi connectivity index (χ1n) is 4.93. The Hall–Kier alpha value is -1.51. The van der Waals surface area contributed by atoms with Gasteiger partial charge in [-0.2, -0.15) is 0 Å². The molecule has 0 saturated carbocycles. The number of hydrogen-bond donors (Lipinski definition) is 3. The number of halogens is 1. The molecule has 0 aromatic carbocycles. The third-order valence-corrected chi connectivity index (χ3v) is 2.63. The van der Waals surface area contributed by atoms with Gasteiger partial charge in [-0.25, -0.2) is 9.18 Å². The van der Waals surface area contributed by atoms with Crippen molar-refractivity contribution in [2.45, 2.75) is 24.6 Å². The van der Waals surface area contributed by atoms with Gasteiger partial charge in [-0.1, -0.05) is 0 Å². The predicted molar refractivity (Wildman–Crippen MR) is 53.0 cm³/mol. The van der Waals surface area contributed by atoms with Gasteiger partial charge in [-0.05, 0) is 0 Å². The molecule has 94 valence electrons. The van der Waals surface area contributed by atoms with E-state index >= 15 is 0 Å². The molecule has 0 bridgehead atoms. The summed E-state index contributed by atoms with van der Waals surface area (Å²) in [6.45, 7) is -1.01.